The molecule has 1 aromatic carbocycles. The third-order valence-corrected chi connectivity index (χ3v) is 6.56. The number of benzene rings is 1. The Morgan fingerprint density at radius 3 is 2.60 bits per heavy atom. The van der Waals surface area contributed by atoms with Gasteiger partial charge < -0.3 is 30.2 Å². The van der Waals surface area contributed by atoms with Crippen LogP contribution in [0.2, 0.25) is 0 Å². The Bertz CT molecular complexity index is 1600. The maximum atomic E-state index is 15.2. The highest BCUT2D eigenvalue weighted by Gasteiger charge is 2.24. The minimum absolute atomic E-state index is 0.00184. The van der Waals surface area contributed by atoms with Crippen molar-refractivity contribution in [2.24, 2.45) is 5.73 Å². The molecule has 4 aromatic rings. The Hall–Kier alpha value is -5.00. The van der Waals surface area contributed by atoms with Crippen LogP contribution in [0.5, 0.6) is 5.75 Å². The number of rotatable bonds is 10. The number of ether oxygens (including phenoxy) is 2. The van der Waals surface area contributed by atoms with Crippen molar-refractivity contribution in [1.82, 2.24) is 30.0 Å². The number of esters is 1. The number of nitrogens with zero attached hydrogens (tertiary/aromatic N) is 4. The monoisotopic (exact) mass is 545 g/mol. The van der Waals surface area contributed by atoms with Crippen LogP contribution < -0.4 is 21.1 Å². The number of methoxy groups -OCH3 is 2. The number of fused-ring (bicyclic) bond motifs is 1. The number of hydrogen-bond acceptors (Lipinski definition) is 9. The molecule has 1 fully saturated rings. The van der Waals surface area contributed by atoms with Gasteiger partial charge in [0.15, 0.2) is 11.6 Å². The lowest BCUT2D eigenvalue weighted by Gasteiger charge is -2.14. The summed E-state index contributed by atoms with van der Waals surface area (Å²) < 4.78 is 26.9. The highest BCUT2D eigenvalue weighted by Crippen LogP contribution is 2.39. The van der Waals surface area contributed by atoms with Crippen molar-refractivity contribution >= 4 is 17.5 Å². The molecule has 0 saturated heterocycles. The second-order valence-electron chi connectivity index (χ2n) is 9.29. The van der Waals surface area contributed by atoms with Gasteiger partial charge in [-0.2, -0.15) is 0 Å². The minimum Gasteiger partial charge on any atom is -0.494 e. The number of aromatic nitrogens is 4. The predicted molar refractivity (Wildman–Crippen MR) is 143 cm³/mol. The summed E-state index contributed by atoms with van der Waals surface area (Å²) in [5, 5.41) is 5.64. The Balaban J connectivity index is 1.24. The molecule has 40 heavy (non-hydrogen) atoms. The molecule has 0 unspecified atom stereocenters. The number of carbonyl (C=O) groups is 2. The molecule has 1 amide bonds. The van der Waals surface area contributed by atoms with E-state index in [1.807, 2.05) is 16.7 Å². The molecule has 1 saturated carbocycles. The van der Waals surface area contributed by atoms with Gasteiger partial charge >= 0.3 is 5.97 Å². The highest BCUT2D eigenvalue weighted by atomic mass is 19.1. The number of amides is 1. The number of hydrogen-bond donors (Lipinski definition) is 3. The van der Waals surface area contributed by atoms with Crippen LogP contribution in [0.25, 0.3) is 16.8 Å². The van der Waals surface area contributed by atoms with Gasteiger partial charge in [0, 0.05) is 48.7 Å². The summed E-state index contributed by atoms with van der Waals surface area (Å²) in [6, 6.07) is 7.18. The van der Waals surface area contributed by atoms with Crippen LogP contribution >= 0.6 is 0 Å². The molecule has 4 N–H and O–H groups in total. The van der Waals surface area contributed by atoms with E-state index in [9.17, 15) is 9.59 Å². The molecule has 11 nitrogen and oxygen atoms in total. The third-order valence-electron chi connectivity index (χ3n) is 6.56. The van der Waals surface area contributed by atoms with Crippen LogP contribution in [0.1, 0.15) is 46.2 Å². The Morgan fingerprint density at radius 1 is 1.12 bits per heavy atom. The number of pyridine rings is 1. The van der Waals surface area contributed by atoms with Gasteiger partial charge in [0.2, 0.25) is 5.82 Å². The third kappa shape index (κ3) is 5.70. The zero-order valence-corrected chi connectivity index (χ0v) is 22.0. The van der Waals surface area contributed by atoms with Gasteiger partial charge in [-0.3, -0.25) is 4.79 Å². The summed E-state index contributed by atoms with van der Waals surface area (Å²) >= 11 is 0. The fourth-order valence-corrected chi connectivity index (χ4v) is 4.27. The Labute approximate surface area is 229 Å². The lowest BCUT2D eigenvalue weighted by molar-refractivity contribution is -0.117. The van der Waals surface area contributed by atoms with Gasteiger partial charge in [-0.05, 0) is 42.0 Å². The summed E-state index contributed by atoms with van der Waals surface area (Å²) in [4.78, 5) is 36.9. The summed E-state index contributed by atoms with van der Waals surface area (Å²) in [5.41, 5.74) is 9.80. The standard InChI is InChI=1S/C28H28FN7O4/c1-39-23-7-6-20(18-9-32-26(33-10-18)28(38)40-2)21(25(23)29)12-34-27(37)22(30)13-31-11-19-15-36-14-17(16-3-4-16)5-8-24(36)35-19/h5-10,13-16,31H,3-4,11-12,30H2,1-2H3,(H,34,37)/b22-13-. The molecule has 1 aliphatic rings. The average molecular weight is 546 g/mol. The molecule has 0 atom stereocenters. The smallest absolute Gasteiger partial charge is 0.376 e. The normalized spacial score (nSPS) is 13.2. The molecule has 206 valence electrons. The largest absolute Gasteiger partial charge is 0.494 e. The zero-order chi connectivity index (χ0) is 28.2. The fraction of sp³-hybridized carbons (Fsp3) is 0.250. The Kier molecular flexibility index (Phi) is 7.58. The average Bonchev–Trinajstić information content (AvgIpc) is 3.75. The first-order chi connectivity index (χ1) is 19.4. The van der Waals surface area contributed by atoms with Gasteiger partial charge in [-0.15, -0.1) is 0 Å². The van der Waals surface area contributed by atoms with Crippen LogP contribution in [0.3, 0.4) is 0 Å². The predicted octanol–water partition coefficient (Wildman–Crippen LogP) is 2.81. The van der Waals surface area contributed by atoms with Crippen molar-refractivity contribution < 1.29 is 23.5 Å². The van der Waals surface area contributed by atoms with Gasteiger partial charge in [-0.1, -0.05) is 12.1 Å². The SMILES string of the molecule is COC(=O)c1ncc(-c2ccc(OC)c(F)c2CNC(=O)/C(N)=C/NCc2cn3cc(C4CC4)ccc3n2)cn1. The topological polar surface area (TPSA) is 146 Å². The molecule has 1 aliphatic carbocycles. The summed E-state index contributed by atoms with van der Waals surface area (Å²) in [6.07, 6.45) is 10.6. The molecule has 0 aliphatic heterocycles. The lowest BCUT2D eigenvalue weighted by Crippen LogP contribution is -2.30. The van der Waals surface area contributed by atoms with E-state index in [-0.39, 0.29) is 29.4 Å². The van der Waals surface area contributed by atoms with E-state index in [1.165, 1.54) is 57.3 Å². The first kappa shape index (κ1) is 26.6. The van der Waals surface area contributed by atoms with Crippen LogP contribution in [0.4, 0.5) is 4.39 Å². The van der Waals surface area contributed by atoms with Crippen molar-refractivity contribution in [2.75, 3.05) is 14.2 Å². The highest BCUT2D eigenvalue weighted by molar-refractivity contribution is 5.92. The molecule has 3 heterocycles. The van der Waals surface area contributed by atoms with Crippen molar-refractivity contribution in [3.63, 3.8) is 0 Å². The molecular formula is C28H28FN7O4. The molecule has 3 aromatic heterocycles. The van der Waals surface area contributed by atoms with E-state index in [1.54, 1.807) is 6.07 Å². The molecule has 0 spiro atoms. The minimum atomic E-state index is -0.695. The lowest BCUT2D eigenvalue weighted by atomic mass is 10.0. The zero-order valence-electron chi connectivity index (χ0n) is 22.0. The molecule has 0 radical (unpaired) electrons. The van der Waals surface area contributed by atoms with E-state index in [2.05, 4.69) is 42.6 Å². The first-order valence-corrected chi connectivity index (χ1v) is 12.6. The maximum Gasteiger partial charge on any atom is 0.376 e. The van der Waals surface area contributed by atoms with E-state index in [0.717, 1.165) is 11.3 Å². The van der Waals surface area contributed by atoms with E-state index < -0.39 is 17.7 Å². The van der Waals surface area contributed by atoms with Crippen molar-refractivity contribution in [2.45, 2.75) is 31.8 Å². The van der Waals surface area contributed by atoms with Crippen molar-refractivity contribution in [1.29, 1.82) is 0 Å². The molecule has 5 rings (SSSR count). The van der Waals surface area contributed by atoms with Crippen LogP contribution in [-0.4, -0.2) is 45.4 Å². The second kappa shape index (κ2) is 11.4. The summed E-state index contributed by atoms with van der Waals surface area (Å²) in [7, 11) is 2.56. The van der Waals surface area contributed by atoms with E-state index in [4.69, 9.17) is 10.5 Å². The second-order valence-corrected chi connectivity index (χ2v) is 9.29. The van der Waals surface area contributed by atoms with Gasteiger partial charge in [0.05, 0.1) is 26.5 Å². The van der Waals surface area contributed by atoms with Crippen LogP contribution in [0.15, 0.2) is 60.9 Å². The quantitative estimate of drug-likeness (QED) is 0.202. The Morgan fingerprint density at radius 2 is 1.90 bits per heavy atom. The van der Waals surface area contributed by atoms with Gasteiger partial charge in [0.1, 0.15) is 11.3 Å². The van der Waals surface area contributed by atoms with Crippen LogP contribution in [0, 0.1) is 5.82 Å². The van der Waals surface area contributed by atoms with Crippen molar-refractivity contribution in [3.05, 3.63) is 89.4 Å². The van der Waals surface area contributed by atoms with Gasteiger partial charge in [0.25, 0.3) is 5.91 Å². The number of nitrogens with one attached hydrogen (secondary N) is 2. The number of nitrogens with two attached hydrogens (primary N) is 1. The molecule has 12 heteroatoms. The van der Waals surface area contributed by atoms with E-state index in [0.29, 0.717) is 23.6 Å². The van der Waals surface area contributed by atoms with Crippen molar-refractivity contribution in [3.8, 4) is 16.9 Å². The number of halogens is 1. The van der Waals surface area contributed by atoms with E-state index >= 15 is 4.39 Å². The number of carbonyl (C=O) groups excluding carboxylic acids is 2. The van der Waals surface area contributed by atoms with Gasteiger partial charge in [-0.25, -0.2) is 24.1 Å². The number of imidazole rings is 1. The van der Waals surface area contributed by atoms with Crippen LogP contribution in [-0.2, 0) is 22.6 Å². The maximum absolute atomic E-state index is 15.2. The summed E-state index contributed by atoms with van der Waals surface area (Å²) in [6.45, 7) is 0.172. The molecule has 0 bridgehead atoms. The fourth-order valence-electron chi connectivity index (χ4n) is 4.27. The molecular weight excluding hydrogens is 517 g/mol. The first-order valence-electron chi connectivity index (χ1n) is 12.6. The summed E-state index contributed by atoms with van der Waals surface area (Å²) in [5.74, 6) is -1.43.